The molecule has 2 atom stereocenters. The topological polar surface area (TPSA) is 151 Å². The van der Waals surface area contributed by atoms with Crippen molar-refractivity contribution in [3.63, 3.8) is 0 Å². The summed E-state index contributed by atoms with van der Waals surface area (Å²) < 4.78 is 27.1. The molecular weight excluding hydrogens is 406 g/mol. The number of amides is 1. The Morgan fingerprint density at radius 2 is 2.14 bits per heavy atom. The first kappa shape index (κ1) is 22.5. The summed E-state index contributed by atoms with van der Waals surface area (Å²) >= 11 is 0. The Morgan fingerprint density at radius 1 is 1.48 bits per heavy atom. The van der Waals surface area contributed by atoms with Gasteiger partial charge in [-0.25, -0.2) is 13.2 Å². The second-order valence-corrected chi connectivity index (χ2v) is 7.93. The molecule has 1 aliphatic rings. The molecule has 0 aliphatic carbocycles. The van der Waals surface area contributed by atoms with Crippen LogP contribution in [0, 0.1) is 10.1 Å². The molecule has 0 aromatic heterocycles. The summed E-state index contributed by atoms with van der Waals surface area (Å²) in [5, 5.41) is 30.1. The molecule has 2 N–H and O–H groups in total. The Bertz CT molecular complexity index is 930. The number of nitro benzene ring substituents is 1. The molecule has 2 rings (SSSR count). The number of hydroxylamine groups is 1. The van der Waals surface area contributed by atoms with Crippen LogP contribution in [0.3, 0.4) is 0 Å². The summed E-state index contributed by atoms with van der Waals surface area (Å²) in [7, 11) is -4.56. The zero-order valence-corrected chi connectivity index (χ0v) is 16.4. The van der Waals surface area contributed by atoms with E-state index in [9.17, 15) is 33.5 Å². The number of hydrogen-bond acceptors (Lipinski definition) is 7. The van der Waals surface area contributed by atoms with Gasteiger partial charge in [-0.05, 0) is 13.0 Å². The molecule has 29 heavy (non-hydrogen) atoms. The molecule has 1 aromatic rings. The number of nitro groups is 1. The van der Waals surface area contributed by atoms with Crippen LogP contribution in [0.15, 0.2) is 53.5 Å². The third-order valence-electron chi connectivity index (χ3n) is 4.33. The van der Waals surface area contributed by atoms with E-state index in [-0.39, 0.29) is 13.2 Å². The number of carbonyl (C=O) groups is 1. The molecule has 158 valence electrons. The Kier molecular flexibility index (Phi) is 7.08. The molecule has 0 fully saturated rings. The summed E-state index contributed by atoms with van der Waals surface area (Å²) in [6, 6.07) is 2.84. The number of rotatable bonds is 8. The Balaban J connectivity index is 2.58. The summed E-state index contributed by atoms with van der Waals surface area (Å²) in [6.45, 7) is 3.97. The van der Waals surface area contributed by atoms with Crippen molar-refractivity contribution < 1.29 is 33.2 Å². The fraction of sp³-hybridized carbons (Fsp3) is 0.353. The smallest absolute Gasteiger partial charge is 0.407 e. The first-order valence-electron chi connectivity index (χ1n) is 8.45. The van der Waals surface area contributed by atoms with Crippen LogP contribution in [0.25, 0.3) is 0 Å². The highest BCUT2D eigenvalue weighted by atomic mass is 32.2. The predicted octanol–water partition coefficient (Wildman–Crippen LogP) is 1.37. The van der Waals surface area contributed by atoms with Crippen LogP contribution in [-0.2, 0) is 14.9 Å². The van der Waals surface area contributed by atoms with Gasteiger partial charge in [-0.1, -0.05) is 34.3 Å². The second-order valence-electron chi connectivity index (χ2n) is 6.18. The number of para-hydroxylation sites is 1. The molecule has 12 heteroatoms. The average Bonchev–Trinajstić information content (AvgIpc) is 2.68. The van der Waals surface area contributed by atoms with E-state index in [1.807, 2.05) is 0 Å². The lowest BCUT2D eigenvalue weighted by Gasteiger charge is -2.39. The van der Waals surface area contributed by atoms with Gasteiger partial charge in [-0.2, -0.15) is 0 Å². The van der Waals surface area contributed by atoms with Gasteiger partial charge in [0.1, 0.15) is 0 Å². The van der Waals surface area contributed by atoms with E-state index in [2.05, 4.69) is 6.58 Å². The first-order valence-corrected chi connectivity index (χ1v) is 9.89. The van der Waals surface area contributed by atoms with Gasteiger partial charge in [-0.3, -0.25) is 19.9 Å². The number of aliphatic hydroxyl groups is 1. The van der Waals surface area contributed by atoms with Crippen LogP contribution in [0.4, 0.5) is 10.5 Å². The molecule has 11 nitrogen and oxygen atoms in total. The highest BCUT2D eigenvalue weighted by molar-refractivity contribution is 7.89. The van der Waals surface area contributed by atoms with Crippen molar-refractivity contribution in [3.8, 4) is 0 Å². The van der Waals surface area contributed by atoms with Gasteiger partial charge in [0.25, 0.3) is 15.7 Å². The molecule has 1 amide bonds. The van der Waals surface area contributed by atoms with Crippen LogP contribution in [0.5, 0.6) is 0 Å². The van der Waals surface area contributed by atoms with Gasteiger partial charge in [-0.15, -0.1) is 6.58 Å². The van der Waals surface area contributed by atoms with Gasteiger partial charge in [0.2, 0.25) is 0 Å². The monoisotopic (exact) mass is 427 g/mol. The highest BCUT2D eigenvalue weighted by Crippen LogP contribution is 2.31. The minimum absolute atomic E-state index is 0.236. The maximum absolute atomic E-state index is 13.3. The lowest BCUT2D eigenvalue weighted by molar-refractivity contribution is -0.388. The molecule has 0 saturated carbocycles. The Labute approximate surface area is 167 Å². The van der Waals surface area contributed by atoms with Crippen molar-refractivity contribution in [2.45, 2.75) is 23.9 Å². The molecule has 0 bridgehead atoms. The van der Waals surface area contributed by atoms with E-state index in [1.54, 1.807) is 6.92 Å². The quantitative estimate of drug-likeness (QED) is 0.359. The first-order chi connectivity index (χ1) is 13.6. The second kappa shape index (κ2) is 9.13. The van der Waals surface area contributed by atoms with Crippen LogP contribution < -0.4 is 0 Å². The van der Waals surface area contributed by atoms with Gasteiger partial charge in [0.05, 0.1) is 30.2 Å². The van der Waals surface area contributed by atoms with Crippen LogP contribution in [-0.4, -0.2) is 70.9 Å². The summed E-state index contributed by atoms with van der Waals surface area (Å²) in [5.74, 6) is 0. The number of aliphatic hydroxyl groups excluding tert-OH is 1. The average molecular weight is 427 g/mol. The standard InChI is InChI=1S/C17H21N3O8S/c1-3-8-28-20(15-10-18(17(22)23)13(11-21)9-12(15)2)29(26,27)16-7-5-4-6-14(16)19(24)25/h3-7,9,13,15,21H,1,8,10-11H2,2H3,(H,22,23)/t13-,15-/m0/s1. The van der Waals surface area contributed by atoms with Crippen LogP contribution in [0.1, 0.15) is 6.92 Å². The minimum Gasteiger partial charge on any atom is -0.465 e. The van der Waals surface area contributed by atoms with Crippen molar-refractivity contribution in [2.24, 2.45) is 0 Å². The summed E-state index contributed by atoms with van der Waals surface area (Å²) in [6.07, 6.45) is 1.35. The molecular formula is C17H21N3O8S. The van der Waals surface area contributed by atoms with Gasteiger partial charge in [0, 0.05) is 12.6 Å². The number of sulfonamides is 1. The molecule has 0 spiro atoms. The molecule has 1 aliphatic heterocycles. The van der Waals surface area contributed by atoms with E-state index >= 15 is 0 Å². The van der Waals surface area contributed by atoms with Crippen LogP contribution >= 0.6 is 0 Å². The van der Waals surface area contributed by atoms with E-state index < -0.39 is 50.3 Å². The van der Waals surface area contributed by atoms with Crippen LogP contribution in [0.2, 0.25) is 0 Å². The molecule has 0 radical (unpaired) electrons. The maximum Gasteiger partial charge on any atom is 0.407 e. The van der Waals surface area contributed by atoms with Crippen molar-refractivity contribution in [2.75, 3.05) is 19.8 Å². The Hall–Kier alpha value is -2.80. The lowest BCUT2D eigenvalue weighted by atomic mass is 10.0. The SMILES string of the molecule is C=CCON([C@H]1CN(C(=O)O)[C@H](CO)C=C1C)S(=O)(=O)c1ccccc1[N+](=O)[O-]. The van der Waals surface area contributed by atoms with Gasteiger partial charge >= 0.3 is 6.09 Å². The fourth-order valence-electron chi connectivity index (χ4n) is 2.95. The lowest BCUT2D eigenvalue weighted by Crippen LogP contribution is -2.55. The van der Waals surface area contributed by atoms with Crippen molar-refractivity contribution >= 4 is 21.8 Å². The normalized spacial score (nSPS) is 19.7. The third kappa shape index (κ3) is 4.62. The summed E-state index contributed by atoms with van der Waals surface area (Å²) in [5.41, 5.74) is -0.215. The van der Waals surface area contributed by atoms with E-state index in [0.29, 0.717) is 10.0 Å². The fourth-order valence-corrected chi connectivity index (χ4v) is 4.57. The number of benzene rings is 1. The van der Waals surface area contributed by atoms with E-state index in [4.69, 9.17) is 4.84 Å². The third-order valence-corrected chi connectivity index (χ3v) is 6.07. The number of nitrogens with zero attached hydrogens (tertiary/aromatic N) is 3. The van der Waals surface area contributed by atoms with E-state index in [1.165, 1.54) is 24.3 Å². The predicted molar refractivity (Wildman–Crippen MR) is 101 cm³/mol. The Morgan fingerprint density at radius 3 is 2.69 bits per heavy atom. The maximum atomic E-state index is 13.3. The van der Waals surface area contributed by atoms with Gasteiger partial charge < -0.3 is 10.2 Å². The van der Waals surface area contributed by atoms with Crippen molar-refractivity contribution in [1.82, 2.24) is 9.37 Å². The van der Waals surface area contributed by atoms with Crippen molar-refractivity contribution in [3.05, 3.63) is 58.7 Å². The number of hydrogen-bond donors (Lipinski definition) is 2. The zero-order valence-electron chi connectivity index (χ0n) is 15.5. The highest BCUT2D eigenvalue weighted by Gasteiger charge is 2.42. The summed E-state index contributed by atoms with van der Waals surface area (Å²) in [4.78, 5) is 27.6. The molecule has 0 saturated heterocycles. The molecule has 1 aromatic carbocycles. The molecule has 0 unspecified atom stereocenters. The van der Waals surface area contributed by atoms with Gasteiger partial charge in [0.15, 0.2) is 4.90 Å². The van der Waals surface area contributed by atoms with Crippen molar-refractivity contribution in [1.29, 1.82) is 0 Å². The van der Waals surface area contributed by atoms with E-state index in [0.717, 1.165) is 17.0 Å². The minimum atomic E-state index is -4.56. The number of carboxylic acid groups (broad SMARTS) is 1. The zero-order chi connectivity index (χ0) is 21.8. The largest absolute Gasteiger partial charge is 0.465 e. The molecule has 1 heterocycles.